The van der Waals surface area contributed by atoms with E-state index < -0.39 is 28.4 Å². The summed E-state index contributed by atoms with van der Waals surface area (Å²) >= 11 is 0. The fraction of sp³-hybridized carbons (Fsp3) is 0.167. The first-order chi connectivity index (χ1) is 9.66. The summed E-state index contributed by atoms with van der Waals surface area (Å²) < 4.78 is 40.2. The second-order valence-electron chi connectivity index (χ2n) is 4.39. The van der Waals surface area contributed by atoms with E-state index in [9.17, 15) is 18.0 Å². The highest BCUT2D eigenvalue weighted by atomic mass is 19.4. The zero-order valence-corrected chi connectivity index (χ0v) is 10.6. The van der Waals surface area contributed by atoms with E-state index in [1.165, 1.54) is 24.3 Å². The number of aromatic nitrogens is 2. The third kappa shape index (κ3) is 2.91. The van der Waals surface area contributed by atoms with Crippen LogP contribution in [0.3, 0.4) is 0 Å². The van der Waals surface area contributed by atoms with Gasteiger partial charge in [0.15, 0.2) is 6.29 Å². The first-order valence-electron chi connectivity index (χ1n) is 5.74. The van der Waals surface area contributed by atoms with Crippen molar-refractivity contribution in [2.24, 2.45) is 0 Å². The minimum atomic E-state index is -4.81. The Morgan fingerprint density at radius 3 is 2.10 bits per heavy atom. The Balaban J connectivity index is 2.82. The zero-order chi connectivity index (χ0) is 15.8. The maximum Gasteiger partial charge on any atom is 0.420 e. The van der Waals surface area contributed by atoms with Crippen molar-refractivity contribution in [3.8, 4) is 11.3 Å². The Hall–Kier alpha value is -1.92. The highest BCUT2D eigenvalue weighted by molar-refractivity contribution is 6.56. The Labute approximate surface area is 122 Å². The maximum absolute atomic E-state index is 13.2. The number of rotatable bonds is 3. The van der Waals surface area contributed by atoms with Crippen LogP contribution < -0.4 is 0 Å². The summed E-state index contributed by atoms with van der Waals surface area (Å²) in [6.45, 7) is 0. The lowest BCUT2D eigenvalue weighted by atomic mass is 9.49. The summed E-state index contributed by atoms with van der Waals surface area (Å²) in [5.41, 5.74) is -2.35. The average Bonchev–Trinajstić information content (AvgIpc) is 2.79. The molecule has 0 atom stereocenters. The van der Waals surface area contributed by atoms with Gasteiger partial charge in [0.2, 0.25) is 0 Å². The summed E-state index contributed by atoms with van der Waals surface area (Å²) in [5.74, 6) is 0. The lowest BCUT2D eigenvalue weighted by Gasteiger charge is -2.22. The van der Waals surface area contributed by atoms with Crippen LogP contribution in [0.2, 0.25) is 0 Å². The quantitative estimate of drug-likeness (QED) is 0.631. The molecule has 0 aliphatic carbocycles. The van der Waals surface area contributed by atoms with E-state index in [0.717, 1.165) is 0 Å². The number of halogens is 3. The van der Waals surface area contributed by atoms with Crippen LogP contribution >= 0.6 is 0 Å². The molecule has 100 valence electrons. The summed E-state index contributed by atoms with van der Waals surface area (Å²) in [4.78, 5) is 11.1. The summed E-state index contributed by atoms with van der Waals surface area (Å²) in [7, 11) is 16.1. The van der Waals surface area contributed by atoms with Crippen molar-refractivity contribution in [1.29, 1.82) is 0 Å². The monoisotopic (exact) mass is 284 g/mol. The molecule has 0 aliphatic heterocycles. The van der Waals surface area contributed by atoms with Crippen molar-refractivity contribution >= 4 is 29.8 Å². The van der Waals surface area contributed by atoms with Crippen LogP contribution in [0.4, 0.5) is 13.2 Å². The molecule has 0 unspecified atom stereocenters. The van der Waals surface area contributed by atoms with E-state index in [1.807, 2.05) is 0 Å². The molecule has 3 nitrogen and oxygen atoms in total. The normalized spacial score (nSPS) is 12.3. The molecule has 2 aromatic rings. The van der Waals surface area contributed by atoms with Crippen molar-refractivity contribution in [3.05, 3.63) is 41.6 Å². The topological polar surface area (TPSA) is 34.9 Å². The Morgan fingerprint density at radius 2 is 1.67 bits per heavy atom. The van der Waals surface area contributed by atoms with E-state index in [1.54, 1.807) is 6.07 Å². The third-order valence-corrected chi connectivity index (χ3v) is 2.73. The standard InChI is InChI=1S/C12H6B3F3N2O/c13-12(14,15)20-8(6-21)9(11(16,17)18)10(19-20)7-4-2-1-3-5-7/h1-6H. The maximum atomic E-state index is 13.2. The number of nitrogens with zero attached hydrogens (tertiary/aromatic N) is 2. The minimum absolute atomic E-state index is 0.0242. The number of alkyl halides is 3. The van der Waals surface area contributed by atoms with Crippen molar-refractivity contribution in [3.63, 3.8) is 0 Å². The van der Waals surface area contributed by atoms with Gasteiger partial charge in [-0.3, -0.25) is 9.48 Å². The second kappa shape index (κ2) is 5.13. The smallest absolute Gasteiger partial charge is 0.296 e. The lowest BCUT2D eigenvalue weighted by Crippen LogP contribution is -2.37. The molecule has 0 fully saturated rings. The molecule has 0 bridgehead atoms. The molecule has 0 N–H and O–H groups in total. The summed E-state index contributed by atoms with van der Waals surface area (Å²) in [6, 6.07) is 7.54. The van der Waals surface area contributed by atoms with Crippen LogP contribution in [-0.4, -0.2) is 39.6 Å². The van der Waals surface area contributed by atoms with Crippen LogP contribution in [0, 0.1) is 0 Å². The van der Waals surface area contributed by atoms with E-state index >= 15 is 0 Å². The molecule has 0 amide bonds. The number of aldehydes is 1. The van der Waals surface area contributed by atoms with E-state index in [2.05, 4.69) is 5.10 Å². The largest absolute Gasteiger partial charge is 0.420 e. The van der Waals surface area contributed by atoms with Crippen LogP contribution in [-0.2, 0) is 11.4 Å². The molecule has 1 aromatic carbocycles. The van der Waals surface area contributed by atoms with Gasteiger partial charge in [0.1, 0.15) is 17.0 Å². The zero-order valence-electron chi connectivity index (χ0n) is 10.6. The van der Waals surface area contributed by atoms with Gasteiger partial charge in [-0.15, -0.1) is 0 Å². The highest BCUT2D eigenvalue weighted by Gasteiger charge is 2.41. The van der Waals surface area contributed by atoms with Crippen LogP contribution in [0.15, 0.2) is 30.3 Å². The van der Waals surface area contributed by atoms with E-state index in [4.69, 9.17) is 23.5 Å². The minimum Gasteiger partial charge on any atom is -0.296 e. The molecule has 2 rings (SSSR count). The van der Waals surface area contributed by atoms with Crippen molar-refractivity contribution in [2.45, 2.75) is 11.4 Å². The molecule has 1 aromatic heterocycles. The van der Waals surface area contributed by atoms with Gasteiger partial charge in [-0.1, -0.05) is 30.3 Å². The van der Waals surface area contributed by atoms with E-state index in [-0.39, 0.29) is 11.8 Å². The molecular weight excluding hydrogens is 278 g/mol. The molecule has 6 radical (unpaired) electrons. The van der Waals surface area contributed by atoms with Gasteiger partial charge in [0, 0.05) is 5.56 Å². The van der Waals surface area contributed by atoms with Gasteiger partial charge in [-0.05, 0) is 5.24 Å². The van der Waals surface area contributed by atoms with Crippen molar-refractivity contribution in [2.75, 3.05) is 0 Å². The molecule has 9 heteroatoms. The van der Waals surface area contributed by atoms with Crippen LogP contribution in [0.25, 0.3) is 11.3 Å². The van der Waals surface area contributed by atoms with Crippen molar-refractivity contribution < 1.29 is 18.0 Å². The van der Waals surface area contributed by atoms with Gasteiger partial charge >= 0.3 is 6.18 Å². The average molecular weight is 284 g/mol. The molecular formula is C12H6B3F3N2O. The predicted molar refractivity (Wildman–Crippen MR) is 73.3 cm³/mol. The molecule has 1 heterocycles. The lowest BCUT2D eigenvalue weighted by molar-refractivity contribution is -0.137. The van der Waals surface area contributed by atoms with Crippen LogP contribution in [0.1, 0.15) is 16.1 Å². The fourth-order valence-corrected chi connectivity index (χ4v) is 1.91. The third-order valence-electron chi connectivity index (χ3n) is 2.73. The number of carbonyl (C=O) groups is 1. The van der Waals surface area contributed by atoms with Crippen molar-refractivity contribution in [1.82, 2.24) is 9.78 Å². The predicted octanol–water partition coefficient (Wildman–Crippen LogP) is 1.45. The van der Waals surface area contributed by atoms with Crippen LogP contribution in [0.5, 0.6) is 0 Å². The number of hydrogen-bond acceptors (Lipinski definition) is 2. The Morgan fingerprint density at radius 1 is 1.10 bits per heavy atom. The summed E-state index contributed by atoms with van der Waals surface area (Å²) in [6.07, 6.45) is -4.84. The Kier molecular flexibility index (Phi) is 3.78. The first kappa shape index (κ1) is 15.5. The summed E-state index contributed by atoms with van der Waals surface area (Å²) in [5, 5.41) is 1.45. The first-order valence-corrected chi connectivity index (χ1v) is 5.74. The van der Waals surface area contributed by atoms with Gasteiger partial charge in [-0.25, -0.2) is 0 Å². The molecule has 0 saturated heterocycles. The molecule has 0 aliphatic rings. The van der Waals surface area contributed by atoms with Gasteiger partial charge < -0.3 is 0 Å². The SMILES string of the molecule is [B]C([B])([B])n1nc(-c2ccccc2)c(C(F)(F)F)c1C=O. The van der Waals surface area contributed by atoms with Gasteiger partial charge in [0.05, 0.1) is 23.5 Å². The highest BCUT2D eigenvalue weighted by Crippen LogP contribution is 2.39. The number of hydrogen-bond donors (Lipinski definition) is 0. The number of carbonyl (C=O) groups excluding carboxylic acids is 1. The molecule has 0 spiro atoms. The fourth-order valence-electron chi connectivity index (χ4n) is 1.91. The molecule has 21 heavy (non-hydrogen) atoms. The van der Waals surface area contributed by atoms with Gasteiger partial charge in [-0.2, -0.15) is 18.3 Å². The second-order valence-corrected chi connectivity index (χ2v) is 4.39. The van der Waals surface area contributed by atoms with Gasteiger partial charge in [0.25, 0.3) is 0 Å². The van der Waals surface area contributed by atoms with E-state index in [0.29, 0.717) is 4.68 Å². The molecule has 0 saturated carbocycles. The Bertz CT molecular complexity index is 663. The number of benzene rings is 1.